The second-order valence-corrected chi connectivity index (χ2v) is 10.3. The summed E-state index contributed by atoms with van der Waals surface area (Å²) in [6, 6.07) is 3.72. The molecule has 1 aliphatic heterocycles. The molecule has 2 saturated carbocycles. The lowest BCUT2D eigenvalue weighted by Gasteiger charge is -2.25. The number of alkyl carbamates (subject to hydrolysis) is 1. The number of ether oxygens (including phenoxy) is 2. The molecule has 36 heavy (non-hydrogen) atoms. The number of aromatic amines is 1. The molecule has 4 heterocycles. The number of halogens is 1. The van der Waals surface area contributed by atoms with Crippen molar-refractivity contribution < 1.29 is 18.7 Å². The number of hydrogen-bond donors (Lipinski definition) is 3. The van der Waals surface area contributed by atoms with E-state index in [1.54, 1.807) is 6.20 Å². The first-order chi connectivity index (χ1) is 17.4. The van der Waals surface area contributed by atoms with Crippen molar-refractivity contribution in [3.05, 3.63) is 35.9 Å². The Morgan fingerprint density at radius 1 is 1.33 bits per heavy atom. The summed E-state index contributed by atoms with van der Waals surface area (Å²) in [7, 11) is 0. The molecule has 6 rings (SSSR count). The number of carbonyl (C=O) groups excluding carboxylic acids is 1. The number of nitrogens with one attached hydrogen (secondary N) is 3. The molecule has 0 aromatic carbocycles. The maximum atomic E-state index is 14.6. The summed E-state index contributed by atoms with van der Waals surface area (Å²) in [6.45, 7) is 5.99. The third-order valence-corrected chi connectivity index (χ3v) is 7.29. The molecule has 2 aliphatic carbocycles. The Morgan fingerprint density at radius 2 is 2.17 bits per heavy atom. The average Bonchev–Trinajstić information content (AvgIpc) is 3.21. The van der Waals surface area contributed by atoms with Gasteiger partial charge in [0, 0.05) is 55.2 Å². The summed E-state index contributed by atoms with van der Waals surface area (Å²) in [5.74, 6) is 1.05. The molecular formula is C24H31FN8O3. The standard InChI is InChI=1S/C24H31FN8O3/c1-24(3-4-24)29-23(34)36-19-11-15(10-17(19)25)18-12-20(31-30-18)28-22-26-5-2-21-27-16(14-33(21)22)13-32-6-8-35-9-7-32/h2,5,12,14-15,17,19H,3-4,6-11,13H2,1H3,(H,29,34)(H2,26,28,30,31)/t15-,17+,19-/m0/s1. The summed E-state index contributed by atoms with van der Waals surface area (Å²) < 4.78 is 27.4. The highest BCUT2D eigenvalue weighted by Gasteiger charge is 2.42. The molecule has 12 heteroatoms. The Morgan fingerprint density at radius 3 is 2.97 bits per heavy atom. The number of hydrogen-bond acceptors (Lipinski definition) is 8. The molecule has 3 aliphatic rings. The number of nitrogens with zero attached hydrogens (tertiary/aromatic N) is 5. The van der Waals surface area contributed by atoms with E-state index in [1.165, 1.54) is 0 Å². The fraction of sp³-hybridized carbons (Fsp3) is 0.583. The number of H-pyrrole nitrogens is 1. The lowest BCUT2D eigenvalue weighted by Crippen LogP contribution is -2.38. The van der Waals surface area contributed by atoms with Crippen LogP contribution in [0.2, 0.25) is 0 Å². The zero-order chi connectivity index (χ0) is 24.7. The van der Waals surface area contributed by atoms with E-state index >= 15 is 0 Å². The van der Waals surface area contributed by atoms with E-state index in [1.807, 2.05) is 29.7 Å². The van der Waals surface area contributed by atoms with Crippen molar-refractivity contribution in [1.82, 2.24) is 34.8 Å². The summed E-state index contributed by atoms with van der Waals surface area (Å²) in [5.41, 5.74) is 2.36. The average molecular weight is 499 g/mol. The molecular weight excluding hydrogens is 467 g/mol. The molecule has 192 valence electrons. The van der Waals surface area contributed by atoms with Gasteiger partial charge in [0.15, 0.2) is 5.82 Å². The fourth-order valence-electron chi connectivity index (χ4n) is 4.90. The number of imidazole rings is 1. The third-order valence-electron chi connectivity index (χ3n) is 7.29. The minimum absolute atomic E-state index is 0.116. The van der Waals surface area contributed by atoms with Crippen LogP contribution in [0.15, 0.2) is 24.5 Å². The predicted molar refractivity (Wildman–Crippen MR) is 129 cm³/mol. The molecule has 3 N–H and O–H groups in total. The maximum Gasteiger partial charge on any atom is 0.407 e. The van der Waals surface area contributed by atoms with Crippen LogP contribution in [0.4, 0.5) is 21.0 Å². The summed E-state index contributed by atoms with van der Waals surface area (Å²) >= 11 is 0. The number of carbonyl (C=O) groups is 1. The van der Waals surface area contributed by atoms with E-state index in [0.29, 0.717) is 18.2 Å². The van der Waals surface area contributed by atoms with Crippen molar-refractivity contribution in [1.29, 1.82) is 0 Å². The van der Waals surface area contributed by atoms with Gasteiger partial charge in [-0.3, -0.25) is 14.4 Å². The molecule has 0 bridgehead atoms. The van der Waals surface area contributed by atoms with E-state index in [9.17, 15) is 9.18 Å². The summed E-state index contributed by atoms with van der Waals surface area (Å²) in [6.07, 6.45) is 3.71. The van der Waals surface area contributed by atoms with E-state index in [0.717, 1.165) is 62.7 Å². The Kier molecular flexibility index (Phi) is 6.00. The number of aromatic nitrogens is 5. The number of amides is 1. The van der Waals surface area contributed by atoms with Crippen molar-refractivity contribution in [3.63, 3.8) is 0 Å². The van der Waals surface area contributed by atoms with E-state index in [2.05, 4.69) is 30.7 Å². The van der Waals surface area contributed by atoms with Crippen molar-refractivity contribution in [3.8, 4) is 0 Å². The molecule has 3 atom stereocenters. The minimum Gasteiger partial charge on any atom is -0.443 e. The van der Waals surface area contributed by atoms with Gasteiger partial charge in [-0.05, 0) is 38.7 Å². The molecule has 11 nitrogen and oxygen atoms in total. The largest absolute Gasteiger partial charge is 0.443 e. The van der Waals surface area contributed by atoms with Crippen LogP contribution in [0.3, 0.4) is 0 Å². The SMILES string of the molecule is CC1(NC(=O)O[C@H]2C[C@@H](c3cc(Nc4nccc5nc(CN6CCOCC6)cn45)n[nH]3)C[C@H]2F)CC1. The van der Waals surface area contributed by atoms with Gasteiger partial charge in [0.2, 0.25) is 5.95 Å². The van der Waals surface area contributed by atoms with Gasteiger partial charge < -0.3 is 20.1 Å². The van der Waals surface area contributed by atoms with Crippen molar-refractivity contribution in [2.24, 2.45) is 0 Å². The Bertz CT molecular complexity index is 1240. The van der Waals surface area contributed by atoms with Crippen LogP contribution >= 0.6 is 0 Å². The number of alkyl halides is 1. The fourth-order valence-corrected chi connectivity index (χ4v) is 4.90. The number of fused-ring (bicyclic) bond motifs is 1. The number of rotatable bonds is 7. The van der Waals surface area contributed by atoms with Gasteiger partial charge in [-0.2, -0.15) is 5.10 Å². The van der Waals surface area contributed by atoms with Crippen LogP contribution in [-0.4, -0.2) is 79.7 Å². The number of morpholine rings is 1. The molecule has 1 amide bonds. The molecule has 3 aromatic rings. The second kappa shape index (κ2) is 9.32. The van der Waals surface area contributed by atoms with Gasteiger partial charge in [0.05, 0.1) is 18.9 Å². The van der Waals surface area contributed by atoms with Crippen molar-refractivity contribution in [2.45, 2.75) is 62.9 Å². The highest BCUT2D eigenvalue weighted by molar-refractivity contribution is 5.69. The van der Waals surface area contributed by atoms with Crippen LogP contribution in [0.1, 0.15) is 49.9 Å². The Hall–Kier alpha value is -3.25. The molecule has 0 unspecified atom stereocenters. The topological polar surface area (TPSA) is 122 Å². The first kappa shape index (κ1) is 23.2. The highest BCUT2D eigenvalue weighted by Crippen LogP contribution is 2.39. The van der Waals surface area contributed by atoms with E-state index < -0.39 is 18.4 Å². The van der Waals surface area contributed by atoms with Gasteiger partial charge in [-0.25, -0.2) is 19.2 Å². The Balaban J connectivity index is 1.10. The summed E-state index contributed by atoms with van der Waals surface area (Å²) in [5, 5.41) is 13.4. The minimum atomic E-state index is -1.21. The van der Waals surface area contributed by atoms with Crippen molar-refractivity contribution >= 4 is 23.5 Å². The van der Waals surface area contributed by atoms with Crippen LogP contribution in [0, 0.1) is 0 Å². The monoisotopic (exact) mass is 498 g/mol. The van der Waals surface area contributed by atoms with Crippen molar-refractivity contribution in [2.75, 3.05) is 31.6 Å². The molecule has 0 radical (unpaired) electrons. The van der Waals surface area contributed by atoms with Gasteiger partial charge in [-0.15, -0.1) is 0 Å². The first-order valence-corrected chi connectivity index (χ1v) is 12.5. The zero-order valence-corrected chi connectivity index (χ0v) is 20.2. The molecule has 3 fully saturated rings. The molecule has 0 spiro atoms. The van der Waals surface area contributed by atoms with Crippen LogP contribution in [0.25, 0.3) is 5.65 Å². The molecule has 3 aromatic heterocycles. The van der Waals surface area contributed by atoms with Crippen LogP contribution in [-0.2, 0) is 16.0 Å². The van der Waals surface area contributed by atoms with E-state index in [4.69, 9.17) is 14.5 Å². The quantitative estimate of drug-likeness (QED) is 0.455. The smallest absolute Gasteiger partial charge is 0.407 e. The van der Waals surface area contributed by atoms with Gasteiger partial charge in [-0.1, -0.05) is 0 Å². The van der Waals surface area contributed by atoms with Crippen LogP contribution < -0.4 is 10.6 Å². The normalized spacial score (nSPS) is 25.7. The van der Waals surface area contributed by atoms with Crippen LogP contribution in [0.5, 0.6) is 0 Å². The highest BCUT2D eigenvalue weighted by atomic mass is 19.1. The lowest BCUT2D eigenvalue weighted by molar-refractivity contribution is 0.0337. The predicted octanol–water partition coefficient (Wildman–Crippen LogP) is 2.89. The molecule has 1 saturated heterocycles. The van der Waals surface area contributed by atoms with Gasteiger partial charge in [0.25, 0.3) is 0 Å². The third kappa shape index (κ3) is 5.00. The van der Waals surface area contributed by atoms with Gasteiger partial charge in [0.1, 0.15) is 17.9 Å². The maximum absolute atomic E-state index is 14.6. The van der Waals surface area contributed by atoms with E-state index in [-0.39, 0.29) is 17.9 Å². The lowest BCUT2D eigenvalue weighted by atomic mass is 10.0. The second-order valence-electron chi connectivity index (χ2n) is 10.3. The van der Waals surface area contributed by atoms with Gasteiger partial charge >= 0.3 is 6.09 Å². The zero-order valence-electron chi connectivity index (χ0n) is 20.2. The summed E-state index contributed by atoms with van der Waals surface area (Å²) in [4.78, 5) is 23.6. The number of anilines is 2. The first-order valence-electron chi connectivity index (χ1n) is 12.5. The Labute approximate surface area is 207 Å².